The summed E-state index contributed by atoms with van der Waals surface area (Å²) in [5.74, 6) is 0. The van der Waals surface area contributed by atoms with Crippen LogP contribution in [0.3, 0.4) is 0 Å². The van der Waals surface area contributed by atoms with E-state index in [1.807, 2.05) is 25.1 Å². The molecule has 0 aliphatic carbocycles. The summed E-state index contributed by atoms with van der Waals surface area (Å²) >= 11 is 1.64. The first-order chi connectivity index (χ1) is 9.78. The van der Waals surface area contributed by atoms with Crippen LogP contribution in [-0.2, 0) is 6.54 Å². The molecule has 0 atom stereocenters. The largest absolute Gasteiger partial charge is 0.311 e. The topological polar surface area (TPSA) is 50.7 Å². The highest BCUT2D eigenvalue weighted by Gasteiger charge is 2.11. The highest BCUT2D eigenvalue weighted by atomic mass is 32.1. The van der Waals surface area contributed by atoms with E-state index in [-0.39, 0.29) is 0 Å². The number of nitrogens with zero attached hydrogens (tertiary/aromatic N) is 3. The Morgan fingerprint density at radius 2 is 2.05 bits per heavy atom. The van der Waals surface area contributed by atoms with Crippen molar-refractivity contribution >= 4 is 22.2 Å². The Morgan fingerprint density at radius 3 is 2.90 bits per heavy atom. The molecule has 0 radical (unpaired) electrons. The lowest BCUT2D eigenvalue weighted by Crippen LogP contribution is -2.11. The van der Waals surface area contributed by atoms with Crippen LogP contribution < -0.4 is 5.32 Å². The molecule has 0 aliphatic heterocycles. The Labute approximate surface area is 121 Å². The molecule has 0 unspecified atom stereocenters. The lowest BCUT2D eigenvalue weighted by atomic mass is 10.1. The molecule has 1 N–H and O–H groups in total. The molecular weight excluding hydrogens is 268 g/mol. The Bertz CT molecular complexity index is 736. The second-order valence-electron chi connectivity index (χ2n) is 4.61. The van der Waals surface area contributed by atoms with Crippen LogP contribution in [0.15, 0.2) is 30.3 Å². The van der Waals surface area contributed by atoms with Gasteiger partial charge in [0.2, 0.25) is 0 Å². The summed E-state index contributed by atoms with van der Waals surface area (Å²) in [5.41, 5.74) is 3.13. The minimum absolute atomic E-state index is 0.774. The second-order valence-corrected chi connectivity index (χ2v) is 5.67. The zero-order chi connectivity index (χ0) is 13.9. The normalized spacial score (nSPS) is 11.1. The van der Waals surface area contributed by atoms with Gasteiger partial charge in [-0.25, -0.2) is 0 Å². The van der Waals surface area contributed by atoms with Crippen molar-refractivity contribution in [2.45, 2.75) is 20.4 Å². The summed E-state index contributed by atoms with van der Waals surface area (Å²) in [5, 5.41) is 15.0. The van der Waals surface area contributed by atoms with Crippen LogP contribution in [0.4, 0.5) is 0 Å². The van der Waals surface area contributed by atoms with Gasteiger partial charge in [-0.15, -0.1) is 10.2 Å². The lowest BCUT2D eigenvalue weighted by Gasteiger charge is -2.04. The van der Waals surface area contributed by atoms with Crippen LogP contribution in [0.5, 0.6) is 0 Å². The van der Waals surface area contributed by atoms with E-state index >= 15 is 0 Å². The molecule has 0 bridgehead atoms. The summed E-state index contributed by atoms with van der Waals surface area (Å²) in [7, 11) is 0. The molecule has 1 aromatic carbocycles. The summed E-state index contributed by atoms with van der Waals surface area (Å²) in [4.78, 5) is 4.56. The third-order valence-electron chi connectivity index (χ3n) is 3.07. The fourth-order valence-electron chi connectivity index (χ4n) is 2.15. The number of hydrogen-bond acceptors (Lipinski definition) is 5. The molecule has 0 aliphatic rings. The van der Waals surface area contributed by atoms with Gasteiger partial charge in [-0.05, 0) is 25.6 Å². The maximum atomic E-state index is 4.56. The van der Waals surface area contributed by atoms with Gasteiger partial charge in [0.05, 0.1) is 5.52 Å². The van der Waals surface area contributed by atoms with Crippen LogP contribution in [-0.4, -0.2) is 21.7 Å². The molecule has 0 saturated heterocycles. The molecule has 0 spiro atoms. The molecule has 0 fully saturated rings. The predicted molar refractivity (Wildman–Crippen MR) is 82.8 cm³/mol. The average molecular weight is 284 g/mol. The molecular formula is C15H16N4S. The number of hydrogen-bond donors (Lipinski definition) is 1. The van der Waals surface area contributed by atoms with Crippen molar-refractivity contribution in [3.63, 3.8) is 0 Å². The minimum Gasteiger partial charge on any atom is -0.311 e. The molecule has 0 saturated carbocycles. The minimum atomic E-state index is 0.774. The number of nitrogens with one attached hydrogen (secondary N) is 1. The van der Waals surface area contributed by atoms with E-state index in [9.17, 15) is 0 Å². The van der Waals surface area contributed by atoms with Crippen molar-refractivity contribution in [3.8, 4) is 10.6 Å². The summed E-state index contributed by atoms with van der Waals surface area (Å²) in [6, 6.07) is 10.2. The fraction of sp³-hybridized carbons (Fsp3) is 0.267. The van der Waals surface area contributed by atoms with Crippen LogP contribution in [0, 0.1) is 6.92 Å². The number of fused-ring (bicyclic) bond motifs is 1. The number of rotatable bonds is 4. The second kappa shape index (κ2) is 5.64. The first-order valence-corrected chi connectivity index (χ1v) is 7.49. The fourth-order valence-corrected chi connectivity index (χ4v) is 2.99. The SMILES string of the molecule is CCNCc1nnc(-c2cc(C)nc3ccccc23)s1. The molecule has 102 valence electrons. The van der Waals surface area contributed by atoms with E-state index in [0.29, 0.717) is 0 Å². The number of pyridine rings is 1. The van der Waals surface area contributed by atoms with E-state index in [2.05, 4.69) is 39.6 Å². The quantitative estimate of drug-likeness (QED) is 0.799. The smallest absolute Gasteiger partial charge is 0.148 e. The van der Waals surface area contributed by atoms with Crippen molar-refractivity contribution in [2.75, 3.05) is 6.54 Å². The van der Waals surface area contributed by atoms with Gasteiger partial charge in [0, 0.05) is 23.2 Å². The number of aromatic nitrogens is 3. The zero-order valence-electron chi connectivity index (χ0n) is 11.6. The predicted octanol–water partition coefficient (Wildman–Crippen LogP) is 3.17. The van der Waals surface area contributed by atoms with Crippen molar-refractivity contribution in [3.05, 3.63) is 41.0 Å². The lowest BCUT2D eigenvalue weighted by molar-refractivity contribution is 0.715. The molecule has 5 heteroatoms. The number of para-hydroxylation sites is 1. The van der Waals surface area contributed by atoms with Crippen LogP contribution in [0.1, 0.15) is 17.6 Å². The maximum absolute atomic E-state index is 4.56. The highest BCUT2D eigenvalue weighted by molar-refractivity contribution is 7.14. The zero-order valence-corrected chi connectivity index (χ0v) is 12.4. The maximum Gasteiger partial charge on any atom is 0.148 e. The summed E-state index contributed by atoms with van der Waals surface area (Å²) in [6.45, 7) is 5.81. The van der Waals surface area contributed by atoms with E-state index in [4.69, 9.17) is 0 Å². The molecule has 3 rings (SSSR count). The summed E-state index contributed by atoms with van der Waals surface area (Å²) in [6.07, 6.45) is 0. The van der Waals surface area contributed by atoms with Gasteiger partial charge in [-0.2, -0.15) is 0 Å². The first-order valence-electron chi connectivity index (χ1n) is 6.68. The van der Waals surface area contributed by atoms with Crippen molar-refractivity contribution in [1.29, 1.82) is 0 Å². The van der Waals surface area contributed by atoms with Crippen LogP contribution in [0.25, 0.3) is 21.5 Å². The Morgan fingerprint density at radius 1 is 1.20 bits per heavy atom. The van der Waals surface area contributed by atoms with E-state index in [1.54, 1.807) is 11.3 Å². The Balaban J connectivity index is 2.07. The highest BCUT2D eigenvalue weighted by Crippen LogP contribution is 2.30. The third kappa shape index (κ3) is 2.55. The average Bonchev–Trinajstić information content (AvgIpc) is 2.93. The number of benzene rings is 1. The van der Waals surface area contributed by atoms with Gasteiger partial charge in [0.25, 0.3) is 0 Å². The standard InChI is InChI=1S/C15H16N4S/c1-3-16-9-14-18-19-15(20-14)12-8-10(2)17-13-7-5-4-6-11(12)13/h4-8,16H,3,9H2,1-2H3. The first kappa shape index (κ1) is 13.1. The van der Waals surface area contributed by atoms with Crippen molar-refractivity contribution < 1.29 is 0 Å². The van der Waals surface area contributed by atoms with Crippen molar-refractivity contribution in [1.82, 2.24) is 20.5 Å². The molecule has 20 heavy (non-hydrogen) atoms. The molecule has 0 amide bonds. The van der Waals surface area contributed by atoms with Crippen molar-refractivity contribution in [2.24, 2.45) is 0 Å². The van der Waals surface area contributed by atoms with Gasteiger partial charge >= 0.3 is 0 Å². The van der Waals surface area contributed by atoms with Crippen LogP contribution in [0.2, 0.25) is 0 Å². The molecule has 4 nitrogen and oxygen atoms in total. The van der Waals surface area contributed by atoms with Crippen LogP contribution >= 0.6 is 11.3 Å². The Kier molecular flexibility index (Phi) is 3.71. The van der Waals surface area contributed by atoms with E-state index in [0.717, 1.165) is 45.3 Å². The van der Waals surface area contributed by atoms with E-state index in [1.165, 1.54) is 0 Å². The third-order valence-corrected chi connectivity index (χ3v) is 4.02. The molecule has 2 aromatic heterocycles. The molecule has 2 heterocycles. The van der Waals surface area contributed by atoms with E-state index < -0.39 is 0 Å². The van der Waals surface area contributed by atoms with Gasteiger partial charge in [0.1, 0.15) is 10.0 Å². The van der Waals surface area contributed by atoms with Gasteiger partial charge < -0.3 is 5.32 Å². The van der Waals surface area contributed by atoms with Gasteiger partial charge in [-0.1, -0.05) is 36.5 Å². The number of aryl methyl sites for hydroxylation is 1. The summed E-state index contributed by atoms with van der Waals surface area (Å²) < 4.78 is 0. The Hall–Kier alpha value is -1.85. The monoisotopic (exact) mass is 284 g/mol. The van der Waals surface area contributed by atoms with Gasteiger partial charge in [0.15, 0.2) is 0 Å². The molecule has 3 aromatic rings. The van der Waals surface area contributed by atoms with Gasteiger partial charge in [-0.3, -0.25) is 4.98 Å².